The molecule has 0 heterocycles. The number of hydrogen-bond donors (Lipinski definition) is 1. The second-order valence-electron chi connectivity index (χ2n) is 4.37. The molecule has 1 unspecified atom stereocenters. The van der Waals surface area contributed by atoms with Gasteiger partial charge in [-0.3, -0.25) is 0 Å². The molecule has 0 aromatic heterocycles. The summed E-state index contributed by atoms with van der Waals surface area (Å²) in [4.78, 5) is 0. The molecule has 2 rings (SSSR count). The SMILES string of the molecule is COc1cc(Cl)c(C(N)c2cc(Br)ccc2Br)cc1OC. The summed E-state index contributed by atoms with van der Waals surface area (Å²) in [6.07, 6.45) is 0. The first-order valence-electron chi connectivity index (χ1n) is 6.10. The zero-order chi connectivity index (χ0) is 15.6. The predicted octanol–water partition coefficient (Wildman–Crippen LogP) is 4.93. The fraction of sp³-hybridized carbons (Fsp3) is 0.200. The Hall–Kier alpha value is -0.750. The molecule has 0 saturated heterocycles. The van der Waals surface area contributed by atoms with Gasteiger partial charge >= 0.3 is 0 Å². The van der Waals surface area contributed by atoms with Crippen LogP contribution in [0.5, 0.6) is 11.5 Å². The van der Waals surface area contributed by atoms with Crippen molar-refractivity contribution in [3.63, 3.8) is 0 Å². The molecule has 2 aromatic carbocycles. The molecule has 1 atom stereocenters. The van der Waals surface area contributed by atoms with Crippen molar-refractivity contribution in [2.24, 2.45) is 5.73 Å². The molecule has 21 heavy (non-hydrogen) atoms. The molecule has 0 saturated carbocycles. The smallest absolute Gasteiger partial charge is 0.162 e. The Labute approximate surface area is 145 Å². The number of halogens is 3. The molecule has 6 heteroatoms. The standard InChI is InChI=1S/C15H14Br2ClNO2/c1-20-13-6-10(12(18)7-14(13)21-2)15(19)9-5-8(16)3-4-11(9)17/h3-7,15H,19H2,1-2H3. The number of methoxy groups -OCH3 is 2. The third kappa shape index (κ3) is 3.54. The molecule has 2 aromatic rings. The van der Waals surface area contributed by atoms with Crippen molar-refractivity contribution in [2.45, 2.75) is 6.04 Å². The van der Waals surface area contributed by atoms with Gasteiger partial charge < -0.3 is 15.2 Å². The van der Waals surface area contributed by atoms with Crippen molar-refractivity contribution >= 4 is 43.5 Å². The molecule has 112 valence electrons. The summed E-state index contributed by atoms with van der Waals surface area (Å²) in [5.41, 5.74) is 8.07. The fourth-order valence-corrected chi connectivity index (χ4v) is 3.17. The summed E-state index contributed by atoms with van der Waals surface area (Å²) in [7, 11) is 3.15. The van der Waals surface area contributed by atoms with Crippen LogP contribution in [0.4, 0.5) is 0 Å². The third-order valence-electron chi connectivity index (χ3n) is 3.13. The van der Waals surface area contributed by atoms with Gasteiger partial charge in [-0.2, -0.15) is 0 Å². The van der Waals surface area contributed by atoms with Crippen molar-refractivity contribution < 1.29 is 9.47 Å². The first-order chi connectivity index (χ1) is 9.97. The first kappa shape index (κ1) is 16.6. The number of hydrogen-bond acceptors (Lipinski definition) is 3. The molecule has 0 fully saturated rings. The zero-order valence-electron chi connectivity index (χ0n) is 11.5. The van der Waals surface area contributed by atoms with Crippen LogP contribution in [0.3, 0.4) is 0 Å². The third-order valence-corrected chi connectivity index (χ3v) is 4.67. The second kappa shape index (κ2) is 7.01. The van der Waals surface area contributed by atoms with Crippen molar-refractivity contribution in [1.82, 2.24) is 0 Å². The Morgan fingerprint density at radius 3 is 2.24 bits per heavy atom. The lowest BCUT2D eigenvalue weighted by Crippen LogP contribution is -2.13. The van der Waals surface area contributed by atoms with Gasteiger partial charge in [0.15, 0.2) is 11.5 Å². The van der Waals surface area contributed by atoms with Gasteiger partial charge in [0.05, 0.1) is 20.3 Å². The van der Waals surface area contributed by atoms with Crippen LogP contribution in [-0.2, 0) is 0 Å². The number of ether oxygens (including phenoxy) is 2. The highest BCUT2D eigenvalue weighted by Gasteiger charge is 2.19. The van der Waals surface area contributed by atoms with Crippen LogP contribution in [0.2, 0.25) is 5.02 Å². The summed E-state index contributed by atoms with van der Waals surface area (Å²) >= 11 is 13.3. The van der Waals surface area contributed by atoms with E-state index in [2.05, 4.69) is 31.9 Å². The largest absolute Gasteiger partial charge is 0.493 e. The molecule has 0 aliphatic rings. The van der Waals surface area contributed by atoms with E-state index >= 15 is 0 Å². The van der Waals surface area contributed by atoms with Crippen molar-refractivity contribution in [3.8, 4) is 11.5 Å². The van der Waals surface area contributed by atoms with E-state index in [1.54, 1.807) is 26.4 Å². The quantitative estimate of drug-likeness (QED) is 0.741. The summed E-state index contributed by atoms with van der Waals surface area (Å²) in [6.45, 7) is 0. The van der Waals surface area contributed by atoms with Gasteiger partial charge in [0.1, 0.15) is 0 Å². The summed E-state index contributed by atoms with van der Waals surface area (Å²) in [6, 6.07) is 8.97. The number of benzene rings is 2. The average molecular weight is 436 g/mol. The lowest BCUT2D eigenvalue weighted by atomic mass is 9.99. The van der Waals surface area contributed by atoms with E-state index < -0.39 is 0 Å². The Balaban J connectivity index is 2.52. The monoisotopic (exact) mass is 433 g/mol. The van der Waals surface area contributed by atoms with Crippen molar-refractivity contribution in [1.29, 1.82) is 0 Å². The van der Waals surface area contributed by atoms with Crippen LogP contribution >= 0.6 is 43.5 Å². The van der Waals surface area contributed by atoms with E-state index in [0.717, 1.165) is 20.1 Å². The highest BCUT2D eigenvalue weighted by molar-refractivity contribution is 9.11. The maximum absolute atomic E-state index is 6.37. The van der Waals surface area contributed by atoms with Gasteiger partial charge in [-0.25, -0.2) is 0 Å². The van der Waals surface area contributed by atoms with Crippen LogP contribution in [0.25, 0.3) is 0 Å². The van der Waals surface area contributed by atoms with Crippen LogP contribution in [0.1, 0.15) is 17.2 Å². The minimum absolute atomic E-state index is 0.385. The Bertz CT molecular complexity index is 664. The van der Waals surface area contributed by atoms with Gasteiger partial charge in [0.25, 0.3) is 0 Å². The molecule has 0 spiro atoms. The molecular weight excluding hydrogens is 421 g/mol. The molecule has 0 amide bonds. The molecule has 0 radical (unpaired) electrons. The lowest BCUT2D eigenvalue weighted by molar-refractivity contribution is 0.354. The first-order valence-corrected chi connectivity index (χ1v) is 8.06. The maximum Gasteiger partial charge on any atom is 0.162 e. The Morgan fingerprint density at radius 1 is 1.00 bits per heavy atom. The molecule has 0 aliphatic carbocycles. The van der Waals surface area contributed by atoms with Crippen LogP contribution < -0.4 is 15.2 Å². The fourth-order valence-electron chi connectivity index (χ4n) is 2.03. The van der Waals surface area contributed by atoms with E-state index in [-0.39, 0.29) is 6.04 Å². The summed E-state index contributed by atoms with van der Waals surface area (Å²) < 4.78 is 12.4. The number of nitrogens with two attached hydrogens (primary N) is 1. The van der Waals surface area contributed by atoms with Crippen LogP contribution in [-0.4, -0.2) is 14.2 Å². The lowest BCUT2D eigenvalue weighted by Gasteiger charge is -2.18. The normalized spacial score (nSPS) is 12.1. The second-order valence-corrected chi connectivity index (χ2v) is 6.55. The topological polar surface area (TPSA) is 44.5 Å². The van der Waals surface area contributed by atoms with Gasteiger partial charge in [0, 0.05) is 20.0 Å². The minimum atomic E-state index is -0.385. The van der Waals surface area contributed by atoms with Gasteiger partial charge in [-0.15, -0.1) is 0 Å². The summed E-state index contributed by atoms with van der Waals surface area (Å²) in [5, 5.41) is 0.534. The number of rotatable bonds is 4. The molecule has 2 N–H and O–H groups in total. The van der Waals surface area contributed by atoms with Crippen molar-refractivity contribution in [2.75, 3.05) is 14.2 Å². The van der Waals surface area contributed by atoms with E-state index in [9.17, 15) is 0 Å². The van der Waals surface area contributed by atoms with E-state index in [4.69, 9.17) is 26.8 Å². The predicted molar refractivity (Wildman–Crippen MR) is 92.4 cm³/mol. The van der Waals surface area contributed by atoms with Crippen LogP contribution in [0.15, 0.2) is 39.3 Å². The van der Waals surface area contributed by atoms with Crippen LogP contribution in [0, 0.1) is 0 Å². The van der Waals surface area contributed by atoms with Gasteiger partial charge in [-0.1, -0.05) is 43.5 Å². The highest BCUT2D eigenvalue weighted by atomic mass is 79.9. The molecular formula is C15H14Br2ClNO2. The maximum atomic E-state index is 6.37. The van der Waals surface area contributed by atoms with E-state index in [1.807, 2.05) is 18.2 Å². The van der Waals surface area contributed by atoms with E-state index in [1.165, 1.54) is 0 Å². The van der Waals surface area contributed by atoms with Gasteiger partial charge in [-0.05, 0) is 35.4 Å². The highest BCUT2D eigenvalue weighted by Crippen LogP contribution is 2.38. The average Bonchev–Trinajstić information content (AvgIpc) is 2.48. The molecule has 0 aliphatic heterocycles. The minimum Gasteiger partial charge on any atom is -0.493 e. The van der Waals surface area contributed by atoms with Gasteiger partial charge in [0.2, 0.25) is 0 Å². The molecule has 3 nitrogen and oxygen atoms in total. The molecule has 0 bridgehead atoms. The zero-order valence-corrected chi connectivity index (χ0v) is 15.4. The summed E-state index contributed by atoms with van der Waals surface area (Å²) in [5.74, 6) is 1.17. The van der Waals surface area contributed by atoms with E-state index in [0.29, 0.717) is 16.5 Å². The Morgan fingerprint density at radius 2 is 1.62 bits per heavy atom. The van der Waals surface area contributed by atoms with Crippen molar-refractivity contribution in [3.05, 3.63) is 55.4 Å². The Kier molecular flexibility index (Phi) is 5.54.